The molecule has 0 aliphatic rings. The van der Waals surface area contributed by atoms with Crippen molar-refractivity contribution in [2.75, 3.05) is 13.2 Å². The quantitative estimate of drug-likeness (QED) is 0.324. The molecule has 4 heteroatoms. The van der Waals surface area contributed by atoms with E-state index in [9.17, 15) is 10.0 Å². The number of nitrogens with one attached hydrogen (secondary N) is 1. The van der Waals surface area contributed by atoms with Gasteiger partial charge in [0.05, 0.1) is 6.20 Å². The van der Waals surface area contributed by atoms with Gasteiger partial charge in [0.2, 0.25) is 0 Å². The molecule has 1 N–H and O–H groups in total. The molecule has 0 radical (unpaired) electrons. The van der Waals surface area contributed by atoms with Crippen molar-refractivity contribution in [3.8, 4) is 0 Å². The lowest BCUT2D eigenvalue weighted by Gasteiger charge is -2.15. The maximum Gasteiger partial charge on any atom is 0.330 e. The van der Waals surface area contributed by atoms with Crippen LogP contribution in [-0.4, -0.2) is 19.1 Å². The highest BCUT2D eigenvalue weighted by atomic mass is 16.5. The van der Waals surface area contributed by atoms with Crippen molar-refractivity contribution in [3.63, 3.8) is 0 Å². The second-order valence-electron chi connectivity index (χ2n) is 1.79. The smallest absolute Gasteiger partial charge is 0.330 e. The molecule has 0 aromatic rings. The molecule has 62 valence electrons. The first-order valence-electron chi connectivity index (χ1n) is 3.15. The summed E-state index contributed by atoms with van der Waals surface area (Å²) in [5.41, 5.74) is 0. The van der Waals surface area contributed by atoms with E-state index in [-0.39, 0.29) is 18.2 Å². The van der Waals surface area contributed by atoms with E-state index in [0.29, 0.717) is 0 Å². The van der Waals surface area contributed by atoms with E-state index < -0.39 is 5.97 Å². The molecule has 0 aromatic carbocycles. The fraction of sp³-hybridized carbons (Fsp3) is 0.286. The molecule has 0 saturated heterocycles. The molecule has 0 aromatic heterocycles. The SMILES string of the molecule is C=CC(=O)OCC[NH+]([O-])C=C. The summed E-state index contributed by atoms with van der Waals surface area (Å²) in [6, 6.07) is 0. The van der Waals surface area contributed by atoms with E-state index in [1.807, 2.05) is 0 Å². The lowest BCUT2D eigenvalue weighted by molar-refractivity contribution is -0.791. The lowest BCUT2D eigenvalue weighted by atomic mass is 10.6. The third-order valence-corrected chi connectivity index (χ3v) is 0.987. The molecule has 0 heterocycles. The summed E-state index contributed by atoms with van der Waals surface area (Å²) >= 11 is 0. The normalized spacial score (nSPS) is 11.7. The van der Waals surface area contributed by atoms with Gasteiger partial charge in [0, 0.05) is 6.08 Å². The summed E-state index contributed by atoms with van der Waals surface area (Å²) in [6.07, 6.45) is 2.25. The molecular weight excluding hydrogens is 146 g/mol. The van der Waals surface area contributed by atoms with E-state index in [4.69, 9.17) is 0 Å². The number of esters is 1. The van der Waals surface area contributed by atoms with E-state index in [2.05, 4.69) is 17.9 Å². The lowest BCUT2D eigenvalue weighted by Crippen LogP contribution is -3.02. The van der Waals surface area contributed by atoms with Crippen LogP contribution in [0.15, 0.2) is 25.4 Å². The first-order chi connectivity index (χ1) is 5.20. The number of hydroxylamine groups is 2. The van der Waals surface area contributed by atoms with Crippen LogP contribution in [0.1, 0.15) is 0 Å². The predicted molar refractivity (Wildman–Crippen MR) is 40.5 cm³/mol. The van der Waals surface area contributed by atoms with Gasteiger partial charge in [-0.2, -0.15) is 0 Å². The molecule has 0 aliphatic heterocycles. The van der Waals surface area contributed by atoms with Crippen molar-refractivity contribution < 1.29 is 14.6 Å². The first kappa shape index (κ1) is 9.87. The van der Waals surface area contributed by atoms with Gasteiger partial charge in [-0.3, -0.25) is 0 Å². The number of quaternary nitrogens is 1. The van der Waals surface area contributed by atoms with Crippen molar-refractivity contribution in [1.82, 2.24) is 0 Å². The fourth-order valence-electron chi connectivity index (χ4n) is 0.413. The van der Waals surface area contributed by atoms with Crippen molar-refractivity contribution in [2.45, 2.75) is 0 Å². The topological polar surface area (TPSA) is 53.8 Å². The Morgan fingerprint density at radius 3 is 2.73 bits per heavy atom. The second-order valence-corrected chi connectivity index (χ2v) is 1.79. The fourth-order valence-corrected chi connectivity index (χ4v) is 0.413. The van der Waals surface area contributed by atoms with Gasteiger partial charge < -0.3 is 15.0 Å². The first-order valence-corrected chi connectivity index (χ1v) is 3.15. The van der Waals surface area contributed by atoms with Gasteiger partial charge >= 0.3 is 5.97 Å². The maximum atomic E-state index is 10.5. The molecule has 0 rings (SSSR count). The van der Waals surface area contributed by atoms with Crippen LogP contribution in [-0.2, 0) is 9.53 Å². The predicted octanol–water partition coefficient (Wildman–Crippen LogP) is -0.758. The summed E-state index contributed by atoms with van der Waals surface area (Å²) in [5, 5.41) is 10.4. The van der Waals surface area contributed by atoms with Gasteiger partial charge in [-0.15, -0.1) is 0 Å². The van der Waals surface area contributed by atoms with E-state index >= 15 is 0 Å². The molecule has 0 fully saturated rings. The van der Waals surface area contributed by atoms with Crippen molar-refractivity contribution in [3.05, 3.63) is 30.6 Å². The summed E-state index contributed by atoms with van der Waals surface area (Å²) in [4.78, 5) is 10.4. The number of hydrogen-bond acceptors (Lipinski definition) is 3. The van der Waals surface area contributed by atoms with Gasteiger partial charge in [-0.1, -0.05) is 6.58 Å². The summed E-state index contributed by atoms with van der Waals surface area (Å²) in [5.74, 6) is -0.512. The van der Waals surface area contributed by atoms with Crippen molar-refractivity contribution in [2.24, 2.45) is 0 Å². The molecule has 0 aliphatic carbocycles. The number of ether oxygens (including phenoxy) is 1. The monoisotopic (exact) mass is 157 g/mol. The Bertz CT molecular complexity index is 156. The largest absolute Gasteiger partial charge is 0.629 e. The average Bonchev–Trinajstić information content (AvgIpc) is 2.04. The Hall–Kier alpha value is -1.13. The molecule has 0 spiro atoms. The molecule has 1 atom stereocenters. The molecule has 0 saturated carbocycles. The van der Waals surface area contributed by atoms with Crippen LogP contribution in [0.3, 0.4) is 0 Å². The Balaban J connectivity index is 3.33. The standard InChI is InChI=1S/C7H11NO3/c1-3-7(9)11-6-5-8(10)4-2/h3-4,8H,1-2,5-6H2. The van der Waals surface area contributed by atoms with Crippen LogP contribution in [0, 0.1) is 5.21 Å². The number of hydrogen-bond donors (Lipinski definition) is 1. The van der Waals surface area contributed by atoms with Crippen LogP contribution < -0.4 is 5.06 Å². The molecule has 0 bridgehead atoms. The summed E-state index contributed by atoms with van der Waals surface area (Å²) in [6.45, 7) is 6.74. The zero-order valence-electron chi connectivity index (χ0n) is 6.21. The third kappa shape index (κ3) is 5.32. The van der Waals surface area contributed by atoms with E-state index in [1.165, 1.54) is 6.20 Å². The Morgan fingerprint density at radius 1 is 1.64 bits per heavy atom. The van der Waals surface area contributed by atoms with Gasteiger partial charge in [0.1, 0.15) is 13.2 Å². The van der Waals surface area contributed by atoms with Gasteiger partial charge in [0.15, 0.2) is 0 Å². The minimum atomic E-state index is -0.512. The van der Waals surface area contributed by atoms with Crippen LogP contribution in [0.25, 0.3) is 0 Å². The number of rotatable bonds is 5. The van der Waals surface area contributed by atoms with E-state index in [0.717, 1.165) is 6.08 Å². The summed E-state index contributed by atoms with van der Waals surface area (Å²) < 4.78 is 4.54. The maximum absolute atomic E-state index is 10.5. The van der Waals surface area contributed by atoms with E-state index in [1.54, 1.807) is 0 Å². The molecule has 1 unspecified atom stereocenters. The number of carbonyl (C=O) groups is 1. The van der Waals surface area contributed by atoms with Crippen molar-refractivity contribution >= 4 is 5.97 Å². The number of carbonyl (C=O) groups excluding carboxylic acids is 1. The van der Waals surface area contributed by atoms with Crippen LogP contribution in [0.5, 0.6) is 0 Å². The Labute approximate surface area is 65.3 Å². The van der Waals surface area contributed by atoms with Gasteiger partial charge in [-0.05, 0) is 6.58 Å². The Kier molecular flexibility index (Phi) is 5.06. The average molecular weight is 157 g/mol. The van der Waals surface area contributed by atoms with Gasteiger partial charge in [0.25, 0.3) is 0 Å². The highest BCUT2D eigenvalue weighted by molar-refractivity contribution is 5.81. The Morgan fingerprint density at radius 2 is 2.27 bits per heavy atom. The zero-order valence-corrected chi connectivity index (χ0v) is 6.21. The van der Waals surface area contributed by atoms with Crippen LogP contribution >= 0.6 is 0 Å². The highest BCUT2D eigenvalue weighted by Crippen LogP contribution is 1.75. The molecular formula is C7H11NO3. The molecule has 4 nitrogen and oxygen atoms in total. The highest BCUT2D eigenvalue weighted by Gasteiger charge is 1.96. The molecule has 11 heavy (non-hydrogen) atoms. The molecule has 0 amide bonds. The van der Waals surface area contributed by atoms with Crippen LogP contribution in [0.2, 0.25) is 0 Å². The van der Waals surface area contributed by atoms with Gasteiger partial charge in [-0.25, -0.2) is 4.79 Å². The van der Waals surface area contributed by atoms with Crippen LogP contribution in [0.4, 0.5) is 0 Å². The zero-order chi connectivity index (χ0) is 8.69. The second kappa shape index (κ2) is 5.64. The van der Waals surface area contributed by atoms with Crippen molar-refractivity contribution in [1.29, 1.82) is 0 Å². The minimum absolute atomic E-state index is 0.0930. The third-order valence-electron chi connectivity index (χ3n) is 0.987. The minimum Gasteiger partial charge on any atom is -0.629 e. The summed E-state index contributed by atoms with van der Waals surface area (Å²) in [7, 11) is 0.